The fourth-order valence-corrected chi connectivity index (χ4v) is 4.00. The summed E-state index contributed by atoms with van der Waals surface area (Å²) in [5, 5.41) is 12.7. The SMILES string of the molecule is CNCc1ccc(S(=O)(=O)N2CCC(O)C(C)C2)cc1. The summed E-state index contributed by atoms with van der Waals surface area (Å²) in [6.07, 6.45) is 0.0950. The minimum Gasteiger partial charge on any atom is -0.393 e. The molecule has 1 saturated heterocycles. The highest BCUT2D eigenvalue weighted by Gasteiger charge is 2.32. The number of sulfonamides is 1. The van der Waals surface area contributed by atoms with Gasteiger partial charge in [-0.3, -0.25) is 0 Å². The molecule has 2 atom stereocenters. The molecule has 1 aromatic carbocycles. The van der Waals surface area contributed by atoms with Gasteiger partial charge >= 0.3 is 0 Å². The van der Waals surface area contributed by atoms with Gasteiger partial charge in [0.1, 0.15) is 0 Å². The van der Waals surface area contributed by atoms with Crippen molar-refractivity contribution in [1.29, 1.82) is 0 Å². The number of nitrogens with one attached hydrogen (secondary N) is 1. The van der Waals surface area contributed by atoms with Gasteiger partial charge in [0.15, 0.2) is 0 Å². The summed E-state index contributed by atoms with van der Waals surface area (Å²) >= 11 is 0. The third kappa shape index (κ3) is 3.20. The zero-order valence-corrected chi connectivity index (χ0v) is 12.7. The maximum absolute atomic E-state index is 12.5. The lowest BCUT2D eigenvalue weighted by molar-refractivity contribution is 0.0628. The van der Waals surface area contributed by atoms with E-state index in [0.29, 0.717) is 31.0 Å². The van der Waals surface area contributed by atoms with E-state index in [9.17, 15) is 13.5 Å². The van der Waals surface area contributed by atoms with Gasteiger partial charge in [0, 0.05) is 19.6 Å². The first-order valence-corrected chi connectivity index (χ1v) is 8.31. The Bertz CT molecular complexity index is 542. The molecule has 0 aliphatic carbocycles. The molecular weight excluding hydrogens is 276 g/mol. The van der Waals surface area contributed by atoms with Crippen LogP contribution in [0.2, 0.25) is 0 Å². The molecule has 2 unspecified atom stereocenters. The molecule has 0 saturated carbocycles. The average molecular weight is 298 g/mol. The van der Waals surface area contributed by atoms with Crippen molar-refractivity contribution in [3.63, 3.8) is 0 Å². The van der Waals surface area contributed by atoms with E-state index in [1.165, 1.54) is 4.31 Å². The van der Waals surface area contributed by atoms with E-state index in [1.54, 1.807) is 12.1 Å². The highest BCUT2D eigenvalue weighted by atomic mass is 32.2. The van der Waals surface area contributed by atoms with Gasteiger partial charge in [0.2, 0.25) is 10.0 Å². The number of aliphatic hydroxyl groups excluding tert-OH is 1. The van der Waals surface area contributed by atoms with E-state index < -0.39 is 16.1 Å². The van der Waals surface area contributed by atoms with Gasteiger partial charge in [-0.1, -0.05) is 19.1 Å². The Hall–Kier alpha value is -0.950. The van der Waals surface area contributed by atoms with E-state index in [4.69, 9.17) is 0 Å². The van der Waals surface area contributed by atoms with E-state index in [1.807, 2.05) is 26.1 Å². The lowest BCUT2D eigenvalue weighted by Gasteiger charge is -2.33. The first-order chi connectivity index (χ1) is 9.45. The van der Waals surface area contributed by atoms with Crippen LogP contribution in [-0.2, 0) is 16.6 Å². The zero-order chi connectivity index (χ0) is 14.8. The predicted molar refractivity (Wildman–Crippen MR) is 77.8 cm³/mol. The Balaban J connectivity index is 2.17. The van der Waals surface area contributed by atoms with Crippen LogP contribution < -0.4 is 5.32 Å². The van der Waals surface area contributed by atoms with Gasteiger partial charge in [-0.05, 0) is 37.1 Å². The van der Waals surface area contributed by atoms with Crippen LogP contribution in [0, 0.1) is 5.92 Å². The molecule has 1 fully saturated rings. The Morgan fingerprint density at radius 3 is 2.55 bits per heavy atom. The fourth-order valence-electron chi connectivity index (χ4n) is 2.45. The summed E-state index contributed by atoms with van der Waals surface area (Å²) in [6, 6.07) is 6.95. The van der Waals surface area contributed by atoms with E-state index in [0.717, 1.165) is 5.56 Å². The smallest absolute Gasteiger partial charge is 0.243 e. The Kier molecular flexibility index (Phi) is 4.80. The normalized spacial score (nSPS) is 24.8. The third-order valence-electron chi connectivity index (χ3n) is 3.76. The van der Waals surface area contributed by atoms with Crippen molar-refractivity contribution in [2.45, 2.75) is 30.9 Å². The molecule has 112 valence electrons. The number of nitrogens with zero attached hydrogens (tertiary/aromatic N) is 1. The molecule has 1 aromatic rings. The van der Waals surface area contributed by atoms with Gasteiger partial charge < -0.3 is 10.4 Å². The molecule has 1 aliphatic rings. The number of hydrogen-bond acceptors (Lipinski definition) is 4. The molecule has 6 heteroatoms. The van der Waals surface area contributed by atoms with Crippen molar-refractivity contribution in [2.75, 3.05) is 20.1 Å². The van der Waals surface area contributed by atoms with Crippen LogP contribution in [0.3, 0.4) is 0 Å². The molecule has 1 aliphatic heterocycles. The molecule has 5 nitrogen and oxygen atoms in total. The zero-order valence-electron chi connectivity index (χ0n) is 11.9. The molecule has 0 bridgehead atoms. The van der Waals surface area contributed by atoms with Crippen molar-refractivity contribution in [3.8, 4) is 0 Å². The van der Waals surface area contributed by atoms with Gasteiger partial charge in [0.25, 0.3) is 0 Å². The van der Waals surface area contributed by atoms with E-state index >= 15 is 0 Å². The van der Waals surface area contributed by atoms with Crippen LogP contribution in [0.4, 0.5) is 0 Å². The van der Waals surface area contributed by atoms with Crippen molar-refractivity contribution < 1.29 is 13.5 Å². The fraction of sp³-hybridized carbons (Fsp3) is 0.571. The second-order valence-electron chi connectivity index (χ2n) is 5.37. The van der Waals surface area contributed by atoms with Crippen LogP contribution >= 0.6 is 0 Å². The number of hydrogen-bond donors (Lipinski definition) is 2. The van der Waals surface area contributed by atoms with Crippen molar-refractivity contribution in [1.82, 2.24) is 9.62 Å². The van der Waals surface area contributed by atoms with Crippen LogP contribution in [0.5, 0.6) is 0 Å². The van der Waals surface area contributed by atoms with Crippen molar-refractivity contribution in [3.05, 3.63) is 29.8 Å². The number of rotatable bonds is 4. The van der Waals surface area contributed by atoms with Gasteiger partial charge in [-0.2, -0.15) is 4.31 Å². The molecule has 0 radical (unpaired) electrons. The van der Waals surface area contributed by atoms with Crippen LogP contribution in [0.15, 0.2) is 29.2 Å². The molecule has 0 aromatic heterocycles. The summed E-state index contributed by atoms with van der Waals surface area (Å²) < 4.78 is 26.5. The maximum atomic E-state index is 12.5. The summed E-state index contributed by atoms with van der Waals surface area (Å²) in [5.74, 6) is -0.0258. The molecule has 1 heterocycles. The number of benzene rings is 1. The first-order valence-electron chi connectivity index (χ1n) is 6.87. The lowest BCUT2D eigenvalue weighted by atomic mass is 9.99. The summed E-state index contributed by atoms with van der Waals surface area (Å²) in [6.45, 7) is 3.35. The van der Waals surface area contributed by atoms with Crippen LogP contribution in [0.1, 0.15) is 18.9 Å². The highest BCUT2D eigenvalue weighted by Crippen LogP contribution is 2.24. The first kappa shape index (κ1) is 15.4. The lowest BCUT2D eigenvalue weighted by Crippen LogP contribution is -2.44. The third-order valence-corrected chi connectivity index (χ3v) is 5.64. The highest BCUT2D eigenvalue weighted by molar-refractivity contribution is 7.89. The molecule has 2 rings (SSSR count). The average Bonchev–Trinajstić information content (AvgIpc) is 2.43. The topological polar surface area (TPSA) is 69.6 Å². The van der Waals surface area contributed by atoms with E-state index in [2.05, 4.69) is 5.32 Å². The van der Waals surface area contributed by atoms with Gasteiger partial charge in [-0.25, -0.2) is 8.42 Å². The standard InChI is InChI=1S/C14H22N2O3S/c1-11-10-16(8-7-14(11)17)20(18,19)13-5-3-12(4-6-13)9-15-2/h3-6,11,14-15,17H,7-10H2,1-2H3. The Labute approximate surface area is 120 Å². The molecule has 20 heavy (non-hydrogen) atoms. The van der Waals surface area contributed by atoms with Gasteiger partial charge in [-0.15, -0.1) is 0 Å². The minimum absolute atomic E-state index is 0.0258. The molecule has 0 amide bonds. The molecule has 0 spiro atoms. The monoisotopic (exact) mass is 298 g/mol. The van der Waals surface area contributed by atoms with Crippen molar-refractivity contribution in [2.24, 2.45) is 5.92 Å². The summed E-state index contributed by atoms with van der Waals surface area (Å²) in [5.41, 5.74) is 1.05. The Morgan fingerprint density at radius 2 is 2.00 bits per heavy atom. The van der Waals surface area contributed by atoms with Crippen LogP contribution in [0.25, 0.3) is 0 Å². The second-order valence-corrected chi connectivity index (χ2v) is 7.31. The number of piperidine rings is 1. The second kappa shape index (κ2) is 6.22. The Morgan fingerprint density at radius 1 is 1.35 bits per heavy atom. The summed E-state index contributed by atoms with van der Waals surface area (Å²) in [7, 11) is -1.60. The molecule has 2 N–H and O–H groups in total. The number of aliphatic hydroxyl groups is 1. The quantitative estimate of drug-likeness (QED) is 0.862. The van der Waals surface area contributed by atoms with Gasteiger partial charge in [0.05, 0.1) is 11.0 Å². The van der Waals surface area contributed by atoms with E-state index in [-0.39, 0.29) is 5.92 Å². The molecular formula is C14H22N2O3S. The minimum atomic E-state index is -3.45. The maximum Gasteiger partial charge on any atom is 0.243 e. The van der Waals surface area contributed by atoms with Crippen LogP contribution in [-0.4, -0.2) is 44.1 Å². The van der Waals surface area contributed by atoms with Crippen molar-refractivity contribution >= 4 is 10.0 Å². The largest absolute Gasteiger partial charge is 0.393 e. The predicted octanol–water partition coefficient (Wildman–Crippen LogP) is 0.797. The summed E-state index contributed by atoms with van der Waals surface area (Å²) in [4.78, 5) is 0.320.